The number of unbranched alkanes of at least 4 members (excludes halogenated alkanes) is 3. The first-order chi connectivity index (χ1) is 48.2. The predicted octanol–water partition coefficient (Wildman–Crippen LogP) is 15.3. The molecule has 0 amide bonds. The number of carbonyl (C=O) groups excluding carboxylic acids is 8. The highest BCUT2D eigenvalue weighted by atomic mass is 16.6. The molecule has 0 radical (unpaired) electrons. The molecule has 21 heteroatoms. The molecule has 5 aliphatic rings. The number of hydrogen-bond acceptors (Lipinski definition) is 21. The van der Waals surface area contributed by atoms with E-state index in [1.165, 1.54) is 18.2 Å². The van der Waals surface area contributed by atoms with Gasteiger partial charge < -0.3 is 64.5 Å². The van der Waals surface area contributed by atoms with Crippen LogP contribution in [0.15, 0.2) is 18.2 Å². The maximum atomic E-state index is 15.1. The molecule has 6 rings (SSSR count). The fourth-order valence-corrected chi connectivity index (χ4v) is 18.9. The van der Waals surface area contributed by atoms with Crippen LogP contribution in [0.2, 0.25) is 0 Å². The quantitative estimate of drug-likeness (QED) is 0.0186. The molecule has 1 aromatic rings. The minimum atomic E-state index is -1.75. The van der Waals surface area contributed by atoms with Gasteiger partial charge in [-0.3, -0.25) is 24.0 Å². The second-order valence-electron chi connectivity index (χ2n) is 39.2. The number of carbonyl (C=O) groups is 8. The summed E-state index contributed by atoms with van der Waals surface area (Å²) in [6, 6.07) is 3.83. The van der Waals surface area contributed by atoms with Crippen LogP contribution >= 0.6 is 0 Å². The lowest BCUT2D eigenvalue weighted by atomic mass is 9.77. The molecular formula is C84H141N5O16. The summed E-state index contributed by atoms with van der Waals surface area (Å²) in [5.74, 6) is -5.67. The van der Waals surface area contributed by atoms with Gasteiger partial charge in [-0.15, -0.1) is 0 Å². The van der Waals surface area contributed by atoms with Gasteiger partial charge in [0.1, 0.15) is 30.5 Å². The molecule has 5 heterocycles. The third-order valence-electron chi connectivity index (χ3n) is 21.9. The van der Waals surface area contributed by atoms with Crippen molar-refractivity contribution in [2.75, 3.05) is 19.8 Å². The van der Waals surface area contributed by atoms with Crippen molar-refractivity contribution in [2.45, 2.75) is 413 Å². The zero-order chi connectivity index (χ0) is 78.9. The van der Waals surface area contributed by atoms with Crippen LogP contribution in [0.4, 0.5) is 0 Å². The van der Waals surface area contributed by atoms with Gasteiger partial charge in [0, 0.05) is 120 Å². The summed E-state index contributed by atoms with van der Waals surface area (Å²) >= 11 is 0. The minimum Gasteiger partial charge on any atom is -0.462 e. The zero-order valence-electron chi connectivity index (χ0n) is 69.4. The highest BCUT2D eigenvalue weighted by molar-refractivity contribution is 6.02. The normalized spacial score (nSPS) is 22.6. The van der Waals surface area contributed by atoms with E-state index < -0.39 is 82.4 Å². The zero-order valence-corrected chi connectivity index (χ0v) is 69.4. The fourth-order valence-electron chi connectivity index (χ4n) is 18.9. The largest absolute Gasteiger partial charge is 0.462 e. The van der Waals surface area contributed by atoms with E-state index in [0.29, 0.717) is 109 Å². The van der Waals surface area contributed by atoms with Gasteiger partial charge in [0.2, 0.25) is 0 Å². The molecule has 1 unspecified atom stereocenters. The van der Waals surface area contributed by atoms with E-state index in [4.69, 9.17) is 37.9 Å². The molecule has 21 nitrogen and oxygen atoms in total. The van der Waals surface area contributed by atoms with Gasteiger partial charge in [-0.2, -0.15) is 0 Å². The molecule has 5 saturated heterocycles. The summed E-state index contributed by atoms with van der Waals surface area (Å²) in [7, 11) is 0. The first-order valence-corrected chi connectivity index (χ1v) is 39.9. The molecule has 5 N–H and O–H groups in total. The van der Waals surface area contributed by atoms with Crippen molar-refractivity contribution in [1.82, 2.24) is 26.6 Å². The summed E-state index contributed by atoms with van der Waals surface area (Å²) in [5.41, 5.74) is -8.39. The fraction of sp³-hybridized carbons (Fsp3) is 0.833. The number of esters is 8. The van der Waals surface area contributed by atoms with Crippen molar-refractivity contribution < 1.29 is 76.3 Å². The Kier molecular flexibility index (Phi) is 29.4. The van der Waals surface area contributed by atoms with Crippen LogP contribution in [0.1, 0.15) is 358 Å². The highest BCUT2D eigenvalue weighted by Crippen LogP contribution is 2.44. The Bertz CT molecular complexity index is 2840. The lowest BCUT2D eigenvalue weighted by molar-refractivity contribution is -0.186. The minimum absolute atomic E-state index is 0.0315. The molecule has 0 aromatic heterocycles. The number of rotatable bonds is 34. The summed E-state index contributed by atoms with van der Waals surface area (Å²) in [4.78, 5) is 118. The standard InChI is InChI=1S/C84H141N5O16/c1-25-28-34-82(24,67(93)101-59-46-72(4,5)85-73(6,7)47-59)35-31-40-98-64(90)56-43-57(65(91)99-41-32-38-83(36-29-26-2,68(94)102-60-48-74(8,9)86-75(10,11)49-60)69(95)103-61-50-76(12,13)87-77(14,15)51-61)45-58(44-56)66(92)100-42-33-39-84(37-30-27-3,70(96)104-62-52-78(16,17)88-79(18,19)53-62)71(97)105-63-54-80(20,21)89-81(22,23)55-63/h43-45,59-63,85-89H,25-42,46-55H2,1-24H3. The van der Waals surface area contributed by atoms with Crippen molar-refractivity contribution in [3.05, 3.63) is 34.9 Å². The highest BCUT2D eigenvalue weighted by Gasteiger charge is 2.55. The van der Waals surface area contributed by atoms with Crippen molar-refractivity contribution in [2.24, 2.45) is 16.2 Å². The lowest BCUT2D eigenvalue weighted by Gasteiger charge is -2.47. The molecule has 598 valence electrons. The van der Waals surface area contributed by atoms with Gasteiger partial charge in [-0.25, -0.2) is 14.4 Å². The van der Waals surface area contributed by atoms with Crippen LogP contribution in [-0.2, 0) is 61.9 Å². The molecule has 0 saturated carbocycles. The van der Waals surface area contributed by atoms with E-state index in [0.717, 1.165) is 12.8 Å². The van der Waals surface area contributed by atoms with Crippen molar-refractivity contribution in [3.8, 4) is 0 Å². The molecule has 5 fully saturated rings. The van der Waals surface area contributed by atoms with Crippen LogP contribution in [0.3, 0.4) is 0 Å². The Hall–Kier alpha value is -5.22. The summed E-state index contributed by atoms with van der Waals surface area (Å²) in [5, 5.41) is 18.2. The second-order valence-corrected chi connectivity index (χ2v) is 39.2. The van der Waals surface area contributed by atoms with E-state index in [2.05, 4.69) is 172 Å². The molecule has 0 spiro atoms. The van der Waals surface area contributed by atoms with Gasteiger partial charge in [-0.1, -0.05) is 59.3 Å². The number of benzene rings is 1. The first-order valence-electron chi connectivity index (χ1n) is 39.9. The SMILES string of the molecule is CCCCC(C)(CCCOC(=O)c1cc(C(=O)OCCCC(CCCC)(C(=O)OC2CC(C)(C)NC(C)(C)C2)C(=O)OC2CC(C)(C)NC(C)(C)C2)cc(C(=O)OCCCC(CCCC)(C(=O)OC2CC(C)(C)NC(C)(C)C2)C(=O)OC2CC(C)(C)NC(C)(C)C2)c1)C(=O)OC1CC(C)(C)NC(C)(C)C1. The third-order valence-corrected chi connectivity index (χ3v) is 21.9. The Morgan fingerprint density at radius 3 is 0.705 bits per heavy atom. The maximum absolute atomic E-state index is 15.1. The van der Waals surface area contributed by atoms with E-state index in [9.17, 15) is 19.2 Å². The van der Waals surface area contributed by atoms with Crippen LogP contribution in [0.5, 0.6) is 0 Å². The average Bonchev–Trinajstić information content (AvgIpc) is 0.779. The molecular weight excluding hydrogens is 1330 g/mol. The Morgan fingerprint density at radius 1 is 0.305 bits per heavy atom. The predicted molar refractivity (Wildman–Crippen MR) is 409 cm³/mol. The summed E-state index contributed by atoms with van der Waals surface area (Å²) < 4.78 is 50.1. The van der Waals surface area contributed by atoms with Gasteiger partial charge in [0.25, 0.3) is 0 Å². The topological polar surface area (TPSA) is 271 Å². The first kappa shape index (κ1) is 88.7. The molecule has 105 heavy (non-hydrogen) atoms. The van der Waals surface area contributed by atoms with Crippen LogP contribution in [0, 0.1) is 16.2 Å². The van der Waals surface area contributed by atoms with E-state index in [1.807, 2.05) is 20.8 Å². The van der Waals surface area contributed by atoms with Crippen LogP contribution < -0.4 is 26.6 Å². The van der Waals surface area contributed by atoms with Gasteiger partial charge in [-0.05, 0) is 221 Å². The molecule has 5 aliphatic heterocycles. The maximum Gasteiger partial charge on any atom is 0.338 e. The van der Waals surface area contributed by atoms with Crippen molar-refractivity contribution in [3.63, 3.8) is 0 Å². The number of hydrogen-bond donors (Lipinski definition) is 5. The Labute approximate surface area is 631 Å². The molecule has 0 bridgehead atoms. The molecule has 1 aromatic carbocycles. The lowest BCUT2D eigenvalue weighted by Crippen LogP contribution is -2.61. The van der Waals surface area contributed by atoms with E-state index in [1.54, 1.807) is 0 Å². The Morgan fingerprint density at radius 2 is 0.486 bits per heavy atom. The second kappa shape index (κ2) is 34.8. The summed E-state index contributed by atoms with van der Waals surface area (Å²) in [6.45, 7) is 48.7. The number of ether oxygens (including phenoxy) is 8. The van der Waals surface area contributed by atoms with Crippen LogP contribution in [-0.4, -0.2) is 153 Å². The van der Waals surface area contributed by atoms with Crippen LogP contribution in [0.25, 0.3) is 0 Å². The van der Waals surface area contributed by atoms with E-state index >= 15 is 19.2 Å². The van der Waals surface area contributed by atoms with Crippen molar-refractivity contribution >= 4 is 47.8 Å². The Balaban J connectivity index is 1.29. The molecule has 0 aliphatic carbocycles. The third kappa shape index (κ3) is 26.2. The smallest absolute Gasteiger partial charge is 0.338 e. The molecule has 1 atom stereocenters. The number of piperidine rings is 5. The van der Waals surface area contributed by atoms with E-state index in [-0.39, 0.29) is 142 Å². The van der Waals surface area contributed by atoms with Gasteiger partial charge in [0.05, 0.1) is 41.9 Å². The average molecular weight is 1480 g/mol. The van der Waals surface area contributed by atoms with Gasteiger partial charge in [0.15, 0.2) is 10.8 Å². The monoisotopic (exact) mass is 1480 g/mol. The number of nitrogens with one attached hydrogen (secondary N) is 5. The van der Waals surface area contributed by atoms with Gasteiger partial charge >= 0.3 is 47.8 Å². The van der Waals surface area contributed by atoms with Crippen molar-refractivity contribution in [1.29, 1.82) is 0 Å². The summed E-state index contributed by atoms with van der Waals surface area (Å²) in [6.07, 6.45) is 8.54.